The highest BCUT2D eigenvalue weighted by Crippen LogP contribution is 2.20. The van der Waals surface area contributed by atoms with Crippen molar-refractivity contribution in [1.82, 2.24) is 0 Å². The second-order valence-electron chi connectivity index (χ2n) is 4.86. The monoisotopic (exact) mass is 214 g/mol. The van der Waals surface area contributed by atoms with Crippen molar-refractivity contribution in [2.24, 2.45) is 11.8 Å². The van der Waals surface area contributed by atoms with Gasteiger partial charge in [0.2, 0.25) is 0 Å². The Labute approximate surface area is 99.4 Å². The van der Waals surface area contributed by atoms with Gasteiger partial charge in [-0.2, -0.15) is 0 Å². The number of hydrogen-bond acceptors (Lipinski definition) is 0. The summed E-state index contributed by atoms with van der Waals surface area (Å²) in [4.78, 5) is 0. The first-order valence-corrected chi connectivity index (χ1v) is 6.65. The van der Waals surface area contributed by atoms with Crippen LogP contribution in [0.4, 0.5) is 0 Å². The quantitative estimate of drug-likeness (QED) is 0.533. The molecular weight excluding hydrogens is 192 g/mol. The molecular formula is C16H22. The fourth-order valence-corrected chi connectivity index (χ4v) is 2.45. The molecule has 0 aromatic heterocycles. The summed E-state index contributed by atoms with van der Waals surface area (Å²) in [5, 5.41) is 0. The van der Waals surface area contributed by atoms with E-state index < -0.39 is 0 Å². The second-order valence-corrected chi connectivity index (χ2v) is 4.86. The van der Waals surface area contributed by atoms with Gasteiger partial charge in [0, 0.05) is 0 Å². The summed E-state index contributed by atoms with van der Waals surface area (Å²) in [5.41, 5.74) is 0. The van der Waals surface area contributed by atoms with Crippen molar-refractivity contribution in [3.63, 3.8) is 0 Å². The summed E-state index contributed by atoms with van der Waals surface area (Å²) in [7, 11) is 0. The summed E-state index contributed by atoms with van der Waals surface area (Å²) in [6.07, 6.45) is 26.2. The number of hydrogen-bond donors (Lipinski definition) is 0. The first-order chi connectivity index (χ1) is 7.95. The maximum Gasteiger partial charge on any atom is -0.00473 e. The van der Waals surface area contributed by atoms with Crippen LogP contribution in [-0.2, 0) is 0 Å². The van der Waals surface area contributed by atoms with Crippen LogP contribution in [0.2, 0.25) is 0 Å². The van der Waals surface area contributed by atoms with E-state index in [0.717, 1.165) is 11.8 Å². The van der Waals surface area contributed by atoms with Crippen LogP contribution < -0.4 is 0 Å². The molecule has 2 rings (SSSR count). The molecule has 0 amide bonds. The Morgan fingerprint density at radius 2 is 0.875 bits per heavy atom. The molecule has 0 aromatic rings. The zero-order chi connectivity index (χ0) is 11.1. The molecule has 0 fully saturated rings. The van der Waals surface area contributed by atoms with E-state index in [0.29, 0.717) is 0 Å². The molecule has 0 unspecified atom stereocenters. The maximum atomic E-state index is 2.31. The van der Waals surface area contributed by atoms with Gasteiger partial charge >= 0.3 is 0 Å². The average molecular weight is 214 g/mol. The molecule has 0 spiro atoms. The van der Waals surface area contributed by atoms with Crippen LogP contribution in [0.5, 0.6) is 0 Å². The number of rotatable bonds is 7. The highest BCUT2D eigenvalue weighted by Gasteiger charge is 2.04. The second kappa shape index (κ2) is 6.52. The van der Waals surface area contributed by atoms with Gasteiger partial charge in [-0.1, -0.05) is 74.3 Å². The van der Waals surface area contributed by atoms with Crippen LogP contribution in [0.15, 0.2) is 48.6 Å². The molecule has 0 saturated heterocycles. The molecule has 0 heteroatoms. The van der Waals surface area contributed by atoms with Gasteiger partial charge in [0.25, 0.3) is 0 Å². The molecule has 0 bridgehead atoms. The molecule has 86 valence electrons. The summed E-state index contributed by atoms with van der Waals surface area (Å²) in [5.74, 6) is 1.47. The standard InChI is InChI=1S/C16H22/c1(3-9-15-11-5-6-12-15)2-4-10-16-13-7-8-14-16/h5-8,11-16H,1-4,9-10H2. The number of unbranched alkanes of at least 4 members (excludes halogenated alkanes) is 3. The highest BCUT2D eigenvalue weighted by molar-refractivity contribution is 5.17. The summed E-state index contributed by atoms with van der Waals surface area (Å²) in [6.45, 7) is 0. The Kier molecular flexibility index (Phi) is 4.67. The lowest BCUT2D eigenvalue weighted by molar-refractivity contribution is 0.550. The highest BCUT2D eigenvalue weighted by atomic mass is 14.1. The lowest BCUT2D eigenvalue weighted by atomic mass is 9.99. The van der Waals surface area contributed by atoms with Crippen LogP contribution in [0, 0.1) is 11.8 Å². The third-order valence-electron chi connectivity index (χ3n) is 3.48. The van der Waals surface area contributed by atoms with Crippen molar-refractivity contribution in [3.05, 3.63) is 48.6 Å². The SMILES string of the molecule is C1=CC(CCCCCCC2C=CC=C2)C=C1. The topological polar surface area (TPSA) is 0 Å². The van der Waals surface area contributed by atoms with Gasteiger partial charge in [-0.3, -0.25) is 0 Å². The molecule has 0 nitrogen and oxygen atoms in total. The van der Waals surface area contributed by atoms with E-state index in [4.69, 9.17) is 0 Å². The van der Waals surface area contributed by atoms with Crippen LogP contribution in [0.1, 0.15) is 38.5 Å². The zero-order valence-corrected chi connectivity index (χ0v) is 10.0. The van der Waals surface area contributed by atoms with E-state index in [1.54, 1.807) is 0 Å². The Bertz CT molecular complexity index is 248. The Hall–Kier alpha value is -1.04. The molecule has 2 aliphatic rings. The zero-order valence-electron chi connectivity index (χ0n) is 10.0. The van der Waals surface area contributed by atoms with Gasteiger partial charge in [-0.15, -0.1) is 0 Å². The molecule has 16 heavy (non-hydrogen) atoms. The lowest BCUT2D eigenvalue weighted by Crippen LogP contribution is -1.91. The van der Waals surface area contributed by atoms with Crippen molar-refractivity contribution in [2.75, 3.05) is 0 Å². The van der Waals surface area contributed by atoms with Crippen LogP contribution >= 0.6 is 0 Å². The Morgan fingerprint density at radius 1 is 0.500 bits per heavy atom. The molecule has 0 radical (unpaired) electrons. The third kappa shape index (κ3) is 3.84. The fraction of sp³-hybridized carbons (Fsp3) is 0.500. The molecule has 0 saturated carbocycles. The molecule has 0 heterocycles. The van der Waals surface area contributed by atoms with E-state index in [9.17, 15) is 0 Å². The third-order valence-corrected chi connectivity index (χ3v) is 3.48. The smallest absolute Gasteiger partial charge is 0.00473 e. The van der Waals surface area contributed by atoms with Crippen LogP contribution in [0.25, 0.3) is 0 Å². The predicted molar refractivity (Wildman–Crippen MR) is 71.2 cm³/mol. The average Bonchev–Trinajstić information content (AvgIpc) is 2.96. The summed E-state index contributed by atoms with van der Waals surface area (Å²) >= 11 is 0. The van der Waals surface area contributed by atoms with Gasteiger partial charge in [0.15, 0.2) is 0 Å². The first kappa shape index (κ1) is 11.4. The Balaban J connectivity index is 1.43. The van der Waals surface area contributed by atoms with Crippen molar-refractivity contribution in [3.8, 4) is 0 Å². The minimum atomic E-state index is 0.737. The van der Waals surface area contributed by atoms with Gasteiger partial charge in [-0.25, -0.2) is 0 Å². The van der Waals surface area contributed by atoms with Gasteiger partial charge in [0.1, 0.15) is 0 Å². The van der Waals surface area contributed by atoms with Gasteiger partial charge < -0.3 is 0 Å². The normalized spacial score (nSPS) is 19.2. The van der Waals surface area contributed by atoms with Crippen LogP contribution in [0.3, 0.4) is 0 Å². The molecule has 0 aliphatic heterocycles. The van der Waals surface area contributed by atoms with Crippen LogP contribution in [-0.4, -0.2) is 0 Å². The minimum absolute atomic E-state index is 0.737. The fourth-order valence-electron chi connectivity index (χ4n) is 2.45. The van der Waals surface area contributed by atoms with E-state index in [1.165, 1.54) is 38.5 Å². The van der Waals surface area contributed by atoms with Gasteiger partial charge in [-0.05, 0) is 24.7 Å². The van der Waals surface area contributed by atoms with Crippen molar-refractivity contribution in [1.29, 1.82) is 0 Å². The van der Waals surface area contributed by atoms with E-state index in [-0.39, 0.29) is 0 Å². The van der Waals surface area contributed by atoms with Crippen molar-refractivity contribution < 1.29 is 0 Å². The lowest BCUT2D eigenvalue weighted by Gasteiger charge is -2.06. The van der Waals surface area contributed by atoms with Gasteiger partial charge in [0.05, 0.1) is 0 Å². The molecule has 0 N–H and O–H groups in total. The first-order valence-electron chi connectivity index (χ1n) is 6.65. The molecule has 0 atom stereocenters. The molecule has 0 aromatic carbocycles. The van der Waals surface area contributed by atoms with Crippen molar-refractivity contribution >= 4 is 0 Å². The summed E-state index contributed by atoms with van der Waals surface area (Å²) < 4.78 is 0. The number of allylic oxidation sites excluding steroid dienone is 8. The minimum Gasteiger partial charge on any atom is -0.0776 e. The van der Waals surface area contributed by atoms with E-state index in [2.05, 4.69) is 48.6 Å². The largest absolute Gasteiger partial charge is 0.0776 e. The maximum absolute atomic E-state index is 2.31. The Morgan fingerprint density at radius 3 is 1.25 bits per heavy atom. The predicted octanol–water partition coefficient (Wildman–Crippen LogP) is 4.81. The van der Waals surface area contributed by atoms with Crippen molar-refractivity contribution in [2.45, 2.75) is 38.5 Å². The molecule has 2 aliphatic carbocycles. The van der Waals surface area contributed by atoms with E-state index in [1.807, 2.05) is 0 Å². The summed E-state index contributed by atoms with van der Waals surface area (Å²) in [6, 6.07) is 0. The van der Waals surface area contributed by atoms with E-state index >= 15 is 0 Å².